The molecule has 2 rings (SSSR count). The number of hydrogen-bond donors (Lipinski definition) is 0. The molecule has 0 atom stereocenters. The minimum atomic E-state index is -0.406. The molecule has 202 valence electrons. The summed E-state index contributed by atoms with van der Waals surface area (Å²) in [7, 11) is 1.50. The normalized spacial score (nSPS) is 9.78. The van der Waals surface area contributed by atoms with E-state index in [0.717, 1.165) is 0 Å². The van der Waals surface area contributed by atoms with E-state index >= 15 is 0 Å². The maximum atomic E-state index is 11.4. The zero-order valence-corrected chi connectivity index (χ0v) is 22.1. The Labute approximate surface area is 216 Å². The SMILES string of the molecule is CCC(=O)Oc1ccc(OC)cc1OC(=O)CC.CCOc1ccc(OC(=O)CC)c(OC(=O)CC)c1. The summed E-state index contributed by atoms with van der Waals surface area (Å²) < 4.78 is 30.7. The van der Waals surface area contributed by atoms with Gasteiger partial charge in [-0.3, -0.25) is 19.2 Å². The predicted molar refractivity (Wildman–Crippen MR) is 134 cm³/mol. The molecule has 2 aromatic rings. The first-order valence-corrected chi connectivity index (χ1v) is 12.0. The highest BCUT2D eigenvalue weighted by Crippen LogP contribution is 2.33. The van der Waals surface area contributed by atoms with Crippen LogP contribution in [0, 0.1) is 0 Å². The van der Waals surface area contributed by atoms with Gasteiger partial charge < -0.3 is 28.4 Å². The van der Waals surface area contributed by atoms with Crippen molar-refractivity contribution in [2.45, 2.75) is 60.3 Å². The lowest BCUT2D eigenvalue weighted by Crippen LogP contribution is -2.10. The van der Waals surface area contributed by atoms with Crippen LogP contribution < -0.4 is 28.4 Å². The van der Waals surface area contributed by atoms with Crippen LogP contribution in [0.15, 0.2) is 36.4 Å². The Morgan fingerprint density at radius 1 is 0.541 bits per heavy atom. The Morgan fingerprint density at radius 2 is 0.892 bits per heavy atom. The van der Waals surface area contributed by atoms with Crippen molar-refractivity contribution in [3.8, 4) is 34.5 Å². The van der Waals surface area contributed by atoms with Crippen LogP contribution in [-0.2, 0) is 19.2 Å². The van der Waals surface area contributed by atoms with Crippen molar-refractivity contribution in [3.63, 3.8) is 0 Å². The monoisotopic (exact) mass is 518 g/mol. The molecule has 37 heavy (non-hydrogen) atoms. The molecule has 10 heteroatoms. The van der Waals surface area contributed by atoms with E-state index < -0.39 is 23.9 Å². The first-order chi connectivity index (χ1) is 17.7. The van der Waals surface area contributed by atoms with Crippen molar-refractivity contribution in [2.75, 3.05) is 13.7 Å². The minimum absolute atomic E-state index is 0.183. The van der Waals surface area contributed by atoms with Crippen molar-refractivity contribution in [2.24, 2.45) is 0 Å². The summed E-state index contributed by atoms with van der Waals surface area (Å²) >= 11 is 0. The van der Waals surface area contributed by atoms with Crippen LogP contribution in [0.5, 0.6) is 34.5 Å². The average Bonchev–Trinajstić information content (AvgIpc) is 2.91. The van der Waals surface area contributed by atoms with Crippen molar-refractivity contribution in [1.82, 2.24) is 0 Å². The van der Waals surface area contributed by atoms with E-state index in [1.54, 1.807) is 45.9 Å². The highest BCUT2D eigenvalue weighted by atomic mass is 16.6. The number of esters is 4. The minimum Gasteiger partial charge on any atom is -0.497 e. The fourth-order valence-electron chi connectivity index (χ4n) is 2.47. The van der Waals surface area contributed by atoms with Gasteiger partial charge in [0.1, 0.15) is 11.5 Å². The lowest BCUT2D eigenvalue weighted by atomic mass is 10.3. The fraction of sp³-hybridized carbons (Fsp3) is 0.407. The second-order valence-electron chi connectivity index (χ2n) is 7.16. The summed E-state index contributed by atoms with van der Waals surface area (Å²) in [6, 6.07) is 9.41. The second kappa shape index (κ2) is 16.6. The number of carbonyl (C=O) groups is 4. The van der Waals surface area contributed by atoms with Gasteiger partial charge in [-0.25, -0.2) is 0 Å². The molecular weight excluding hydrogens is 484 g/mol. The van der Waals surface area contributed by atoms with Gasteiger partial charge in [0.15, 0.2) is 23.0 Å². The van der Waals surface area contributed by atoms with Crippen LogP contribution in [-0.4, -0.2) is 37.6 Å². The van der Waals surface area contributed by atoms with Crippen LogP contribution in [0.2, 0.25) is 0 Å². The molecular formula is C27H34O10. The third-order valence-electron chi connectivity index (χ3n) is 4.43. The molecule has 0 N–H and O–H groups in total. The third-order valence-corrected chi connectivity index (χ3v) is 4.43. The standard InChI is InChI=1S/C14H18O5.C13H16O5/c1-4-13(15)18-11-8-7-10(17-6-3)9-12(11)19-14(16)5-2;1-4-12(14)17-10-7-6-9(16-3)8-11(10)18-13(15)5-2/h7-9H,4-6H2,1-3H3;6-8H,4-5H2,1-3H3. The molecule has 0 aromatic heterocycles. The first-order valence-electron chi connectivity index (χ1n) is 12.0. The van der Waals surface area contributed by atoms with E-state index in [-0.39, 0.29) is 48.7 Å². The van der Waals surface area contributed by atoms with E-state index in [9.17, 15) is 19.2 Å². The smallest absolute Gasteiger partial charge is 0.311 e. The Kier molecular flexibility index (Phi) is 13.9. The van der Waals surface area contributed by atoms with Crippen LogP contribution in [0.25, 0.3) is 0 Å². The number of rotatable bonds is 11. The molecule has 0 saturated heterocycles. The van der Waals surface area contributed by atoms with Gasteiger partial charge in [0.05, 0.1) is 13.7 Å². The fourth-order valence-corrected chi connectivity index (χ4v) is 2.47. The third kappa shape index (κ3) is 11.0. The molecule has 0 heterocycles. The molecule has 2 aromatic carbocycles. The quantitative estimate of drug-likeness (QED) is 0.295. The summed E-state index contributed by atoms with van der Waals surface area (Å²) in [5.41, 5.74) is 0. The summed E-state index contributed by atoms with van der Waals surface area (Å²) in [5.74, 6) is 0.290. The number of ether oxygens (including phenoxy) is 6. The van der Waals surface area contributed by atoms with Crippen molar-refractivity contribution >= 4 is 23.9 Å². The Hall–Kier alpha value is -4.08. The number of carbonyl (C=O) groups excluding carboxylic acids is 4. The van der Waals surface area contributed by atoms with Gasteiger partial charge in [-0.1, -0.05) is 27.7 Å². The van der Waals surface area contributed by atoms with Crippen LogP contribution in [0.1, 0.15) is 60.3 Å². The lowest BCUT2D eigenvalue weighted by molar-refractivity contribution is -0.136. The number of methoxy groups -OCH3 is 1. The number of benzene rings is 2. The van der Waals surface area contributed by atoms with E-state index in [1.165, 1.54) is 25.3 Å². The van der Waals surface area contributed by atoms with E-state index in [1.807, 2.05) is 6.92 Å². The molecule has 0 radical (unpaired) electrons. The zero-order chi connectivity index (χ0) is 27.8. The molecule has 0 fully saturated rings. The maximum Gasteiger partial charge on any atom is 0.311 e. The van der Waals surface area contributed by atoms with Crippen LogP contribution >= 0.6 is 0 Å². The second-order valence-corrected chi connectivity index (χ2v) is 7.16. The van der Waals surface area contributed by atoms with Crippen molar-refractivity contribution in [1.29, 1.82) is 0 Å². The predicted octanol–water partition coefficient (Wildman–Crippen LogP) is 5.04. The lowest BCUT2D eigenvalue weighted by Gasteiger charge is -2.11. The number of hydrogen-bond acceptors (Lipinski definition) is 10. The van der Waals surface area contributed by atoms with Gasteiger partial charge in [0, 0.05) is 37.8 Å². The van der Waals surface area contributed by atoms with E-state index in [4.69, 9.17) is 28.4 Å². The van der Waals surface area contributed by atoms with Crippen LogP contribution in [0.3, 0.4) is 0 Å². The maximum absolute atomic E-state index is 11.4. The highest BCUT2D eigenvalue weighted by Gasteiger charge is 2.15. The Bertz CT molecular complexity index is 1060. The molecule has 0 saturated carbocycles. The molecule has 0 spiro atoms. The van der Waals surface area contributed by atoms with Gasteiger partial charge in [-0.2, -0.15) is 0 Å². The van der Waals surface area contributed by atoms with Gasteiger partial charge in [0.2, 0.25) is 0 Å². The largest absolute Gasteiger partial charge is 0.497 e. The molecule has 10 nitrogen and oxygen atoms in total. The average molecular weight is 519 g/mol. The Balaban J connectivity index is 0.000000371. The summed E-state index contributed by atoms with van der Waals surface area (Å²) in [4.78, 5) is 45.2. The highest BCUT2D eigenvalue weighted by molar-refractivity contribution is 5.77. The van der Waals surface area contributed by atoms with Gasteiger partial charge in [0.25, 0.3) is 0 Å². The molecule has 0 aliphatic carbocycles. The molecule has 0 unspecified atom stereocenters. The molecule has 0 amide bonds. The van der Waals surface area contributed by atoms with Crippen LogP contribution in [0.4, 0.5) is 0 Å². The van der Waals surface area contributed by atoms with Crippen molar-refractivity contribution < 1.29 is 47.6 Å². The Morgan fingerprint density at radius 3 is 1.24 bits per heavy atom. The summed E-state index contributed by atoms with van der Waals surface area (Å²) in [6.07, 6.45) is 0.958. The molecule has 0 aliphatic heterocycles. The molecule has 0 bridgehead atoms. The van der Waals surface area contributed by atoms with Crippen molar-refractivity contribution in [3.05, 3.63) is 36.4 Å². The van der Waals surface area contributed by atoms with Gasteiger partial charge in [-0.05, 0) is 31.2 Å². The van der Waals surface area contributed by atoms with Gasteiger partial charge >= 0.3 is 23.9 Å². The first kappa shape index (κ1) is 31.0. The zero-order valence-electron chi connectivity index (χ0n) is 22.1. The summed E-state index contributed by atoms with van der Waals surface area (Å²) in [5, 5.41) is 0. The van der Waals surface area contributed by atoms with E-state index in [0.29, 0.717) is 18.1 Å². The topological polar surface area (TPSA) is 124 Å². The molecule has 0 aliphatic rings. The van der Waals surface area contributed by atoms with E-state index in [2.05, 4.69) is 0 Å². The van der Waals surface area contributed by atoms with Gasteiger partial charge in [-0.15, -0.1) is 0 Å². The summed E-state index contributed by atoms with van der Waals surface area (Å²) in [6.45, 7) is 9.09.